The number of hydrogen-bond acceptors (Lipinski definition) is 3. The fourth-order valence-corrected chi connectivity index (χ4v) is 5.49. The summed E-state index contributed by atoms with van der Waals surface area (Å²) in [6.45, 7) is 14.4. The molecule has 0 saturated heterocycles. The van der Waals surface area contributed by atoms with Crippen molar-refractivity contribution in [2.24, 2.45) is 0 Å². The van der Waals surface area contributed by atoms with Crippen LogP contribution in [0.1, 0.15) is 58.7 Å². The van der Waals surface area contributed by atoms with Crippen LogP contribution in [0.25, 0.3) is 21.9 Å². The summed E-state index contributed by atoms with van der Waals surface area (Å²) in [5.74, 6) is 1.20. The summed E-state index contributed by atoms with van der Waals surface area (Å²) in [6.07, 6.45) is 3.28. The standard InChI is InChI=1S/C32H36BO3.C4H12N/c1-8-9-12-27-16-15-26-13-10-11-14-28(26)30(27)29-21(3)19-24(6)32(25(29)7)36-33(34)35-31-22(4)17-20(2)18-23(31)5;1-5(2,3)4/h10-11,13-19H,8-9,12H2,1-7H3;1-4H3/q-1;+1. The molecule has 0 bridgehead atoms. The Morgan fingerprint density at radius 2 is 1.27 bits per heavy atom. The van der Waals surface area contributed by atoms with Gasteiger partial charge in [-0.05, 0) is 110 Å². The number of aryl methyl sites for hydroxylation is 6. The van der Waals surface area contributed by atoms with Crippen LogP contribution in [0.2, 0.25) is 0 Å². The van der Waals surface area contributed by atoms with Gasteiger partial charge >= 0.3 is 7.32 Å². The summed E-state index contributed by atoms with van der Waals surface area (Å²) in [7, 11) is 6.84. The van der Waals surface area contributed by atoms with Gasteiger partial charge in [-0.1, -0.05) is 73.5 Å². The zero-order chi connectivity index (χ0) is 30.5. The molecule has 0 fully saturated rings. The third-order valence-corrected chi connectivity index (χ3v) is 7.00. The minimum Gasteiger partial charge on any atom is -0.808 e. The van der Waals surface area contributed by atoms with Crippen LogP contribution in [0.3, 0.4) is 0 Å². The van der Waals surface area contributed by atoms with Crippen LogP contribution in [0, 0.1) is 41.5 Å². The number of hydrogen-bond donors (Lipinski definition) is 0. The van der Waals surface area contributed by atoms with E-state index in [-0.39, 0.29) is 0 Å². The van der Waals surface area contributed by atoms with Gasteiger partial charge in [0, 0.05) is 0 Å². The maximum absolute atomic E-state index is 13.1. The molecule has 4 aromatic rings. The number of fused-ring (bicyclic) bond motifs is 1. The lowest BCUT2D eigenvalue weighted by molar-refractivity contribution is -0.849. The molecule has 4 nitrogen and oxygen atoms in total. The minimum absolute atomic E-state index is 0.596. The van der Waals surface area contributed by atoms with Crippen molar-refractivity contribution in [3.8, 4) is 22.6 Å². The van der Waals surface area contributed by atoms with Gasteiger partial charge in [0.2, 0.25) is 0 Å². The molecule has 4 aromatic carbocycles. The van der Waals surface area contributed by atoms with Gasteiger partial charge < -0.3 is 18.8 Å². The fourth-order valence-electron chi connectivity index (χ4n) is 5.49. The van der Waals surface area contributed by atoms with Crippen LogP contribution in [0.4, 0.5) is 0 Å². The molecule has 0 amide bonds. The normalized spacial score (nSPS) is 11.2. The summed E-state index contributed by atoms with van der Waals surface area (Å²) in [6, 6.07) is 19.2. The Morgan fingerprint density at radius 1 is 0.707 bits per heavy atom. The summed E-state index contributed by atoms with van der Waals surface area (Å²) in [4.78, 5) is 0. The van der Waals surface area contributed by atoms with Gasteiger partial charge in [-0.15, -0.1) is 0 Å². The molecule has 0 aliphatic carbocycles. The van der Waals surface area contributed by atoms with Crippen molar-refractivity contribution in [2.45, 2.75) is 67.7 Å². The molecule has 4 rings (SSSR count). The number of unbranched alkanes of at least 4 members (excludes halogenated alkanes) is 1. The molecule has 0 saturated carbocycles. The van der Waals surface area contributed by atoms with Crippen molar-refractivity contribution in [1.82, 2.24) is 0 Å². The maximum Gasteiger partial charge on any atom is 0.492 e. The Balaban J connectivity index is 0.000000850. The van der Waals surface area contributed by atoms with E-state index in [2.05, 4.69) is 91.4 Å². The van der Waals surface area contributed by atoms with E-state index in [0.29, 0.717) is 11.5 Å². The Morgan fingerprint density at radius 3 is 1.88 bits per heavy atom. The lowest BCUT2D eigenvalue weighted by Crippen LogP contribution is -2.44. The SMILES string of the molecule is CCCCc1ccc2ccccc2c1-c1c(C)cc(C)c(OB([O-])Oc2c(C)cc(C)cc2C)c1C.C[N+](C)(C)C. The van der Waals surface area contributed by atoms with Gasteiger partial charge in [0.25, 0.3) is 0 Å². The van der Waals surface area contributed by atoms with Crippen LogP contribution in [0.5, 0.6) is 11.5 Å². The molecule has 218 valence electrons. The predicted octanol–water partition coefficient (Wildman–Crippen LogP) is 7.83. The summed E-state index contributed by atoms with van der Waals surface area (Å²) >= 11 is 0. The van der Waals surface area contributed by atoms with E-state index in [1.165, 1.54) is 27.5 Å². The zero-order valence-corrected chi connectivity index (χ0v) is 27.1. The first kappa shape index (κ1) is 32.2. The lowest BCUT2D eigenvalue weighted by atomic mass is 9.85. The van der Waals surface area contributed by atoms with E-state index < -0.39 is 7.32 Å². The first-order chi connectivity index (χ1) is 19.2. The average Bonchev–Trinajstić information content (AvgIpc) is 2.87. The highest BCUT2D eigenvalue weighted by Crippen LogP contribution is 2.41. The van der Waals surface area contributed by atoms with Crippen LogP contribution < -0.4 is 14.3 Å². The molecule has 0 atom stereocenters. The number of rotatable bonds is 8. The lowest BCUT2D eigenvalue weighted by Gasteiger charge is -2.27. The van der Waals surface area contributed by atoms with Gasteiger partial charge in [-0.2, -0.15) is 0 Å². The highest BCUT2D eigenvalue weighted by Gasteiger charge is 2.21. The third-order valence-electron chi connectivity index (χ3n) is 7.00. The first-order valence-corrected chi connectivity index (χ1v) is 14.7. The summed E-state index contributed by atoms with van der Waals surface area (Å²) in [5.41, 5.74) is 9.83. The van der Waals surface area contributed by atoms with Crippen molar-refractivity contribution in [3.63, 3.8) is 0 Å². The van der Waals surface area contributed by atoms with Crippen LogP contribution in [-0.2, 0) is 6.42 Å². The molecule has 0 aromatic heterocycles. The number of quaternary nitrogens is 1. The molecule has 0 spiro atoms. The first-order valence-electron chi connectivity index (χ1n) is 14.7. The molecule has 41 heavy (non-hydrogen) atoms. The van der Waals surface area contributed by atoms with E-state index in [0.717, 1.165) is 57.1 Å². The van der Waals surface area contributed by atoms with Gasteiger partial charge in [0.1, 0.15) is 11.5 Å². The largest absolute Gasteiger partial charge is 0.808 e. The molecular formula is C36H48BNO3. The van der Waals surface area contributed by atoms with Crippen LogP contribution >= 0.6 is 0 Å². The van der Waals surface area contributed by atoms with Gasteiger partial charge in [0.15, 0.2) is 0 Å². The highest BCUT2D eigenvalue weighted by molar-refractivity contribution is 6.35. The number of benzene rings is 4. The molecule has 0 aliphatic heterocycles. The molecule has 5 heteroatoms. The van der Waals surface area contributed by atoms with Gasteiger partial charge in [0.05, 0.1) is 28.2 Å². The second-order valence-electron chi connectivity index (χ2n) is 12.7. The number of nitrogens with zero attached hydrogens (tertiary/aromatic N) is 1. The van der Waals surface area contributed by atoms with E-state index in [1.54, 1.807) is 0 Å². The Kier molecular flexibility index (Phi) is 10.7. The molecule has 0 aliphatic rings. The molecule has 0 N–H and O–H groups in total. The average molecular weight is 554 g/mol. The third kappa shape index (κ3) is 8.37. The van der Waals surface area contributed by atoms with Crippen molar-refractivity contribution >= 4 is 18.1 Å². The quantitative estimate of drug-likeness (QED) is 0.165. The smallest absolute Gasteiger partial charge is 0.492 e. The molecule has 0 radical (unpaired) electrons. The van der Waals surface area contributed by atoms with Gasteiger partial charge in [-0.3, -0.25) is 0 Å². The predicted molar refractivity (Wildman–Crippen MR) is 174 cm³/mol. The van der Waals surface area contributed by atoms with E-state index in [9.17, 15) is 5.02 Å². The van der Waals surface area contributed by atoms with Crippen molar-refractivity contribution in [3.05, 3.63) is 93.5 Å². The van der Waals surface area contributed by atoms with E-state index in [1.807, 2.05) is 39.8 Å². The summed E-state index contributed by atoms with van der Waals surface area (Å²) < 4.78 is 12.8. The van der Waals surface area contributed by atoms with Crippen molar-refractivity contribution < 1.29 is 18.8 Å². The zero-order valence-electron chi connectivity index (χ0n) is 27.1. The van der Waals surface area contributed by atoms with Crippen molar-refractivity contribution in [1.29, 1.82) is 0 Å². The second kappa shape index (κ2) is 13.6. The molecule has 0 unspecified atom stereocenters. The van der Waals surface area contributed by atoms with E-state index in [4.69, 9.17) is 9.31 Å². The van der Waals surface area contributed by atoms with Crippen LogP contribution in [0.15, 0.2) is 54.6 Å². The Bertz CT molecular complexity index is 1470. The highest BCUT2D eigenvalue weighted by atomic mass is 16.7. The Labute approximate surface area is 248 Å². The topological polar surface area (TPSA) is 41.5 Å². The summed E-state index contributed by atoms with van der Waals surface area (Å²) in [5, 5.41) is 15.5. The fraction of sp³-hybridized carbons (Fsp3) is 0.389. The molecular weight excluding hydrogens is 505 g/mol. The van der Waals surface area contributed by atoms with E-state index >= 15 is 0 Å². The van der Waals surface area contributed by atoms with Crippen molar-refractivity contribution in [2.75, 3.05) is 28.2 Å². The minimum atomic E-state index is -1.66. The molecule has 0 heterocycles. The maximum atomic E-state index is 13.1. The monoisotopic (exact) mass is 553 g/mol. The Hall–Kier alpha value is -3.28. The second-order valence-corrected chi connectivity index (χ2v) is 12.7. The van der Waals surface area contributed by atoms with Gasteiger partial charge in [-0.25, -0.2) is 0 Å². The van der Waals surface area contributed by atoms with Crippen LogP contribution in [-0.4, -0.2) is 40.0 Å².